The van der Waals surface area contributed by atoms with Gasteiger partial charge in [-0.15, -0.1) is 0 Å². The first-order valence-electron chi connectivity index (χ1n) is 1.06. The molecule has 0 unspecified atom stereocenters. The molecule has 0 atom stereocenters. The average Bonchev–Trinajstić information content (AvgIpc) is 0.918. The number of rotatable bonds is 0. The molecule has 0 rings (SSSR count). The van der Waals surface area contributed by atoms with Crippen LogP contribution < -0.4 is 18.9 Å². The Morgan fingerprint density at radius 2 is 1.75 bits per heavy atom. The summed E-state index contributed by atoms with van der Waals surface area (Å²) in [5.41, 5.74) is 0. The van der Waals surface area contributed by atoms with Crippen LogP contribution in [0.25, 0.3) is 5.40 Å². The molecule has 0 aromatic rings. The predicted molar refractivity (Wildman–Crippen MR) is 18.7 cm³/mol. The Morgan fingerprint density at radius 3 is 1.75 bits per heavy atom. The Kier molecular flexibility index (Phi) is 20.4. The summed E-state index contributed by atoms with van der Waals surface area (Å²) < 4.78 is 0. The Balaban J connectivity index is 0. The molecule has 1 nitrogen and oxygen atoms in total. The third kappa shape index (κ3) is 14.6. The van der Waals surface area contributed by atoms with Crippen molar-refractivity contribution < 1.29 is 18.9 Å². The van der Waals surface area contributed by atoms with E-state index >= 15 is 0 Å². The summed E-state index contributed by atoms with van der Waals surface area (Å²) in [6.45, 7) is 1.93. The Hall–Kier alpha value is 0.774. The maximum atomic E-state index is 6.35. The van der Waals surface area contributed by atoms with Crippen LogP contribution in [0.3, 0.4) is 0 Å². The van der Waals surface area contributed by atoms with E-state index in [1.807, 2.05) is 6.55 Å². The van der Waals surface area contributed by atoms with Crippen molar-refractivity contribution in [3.8, 4) is 0 Å². The van der Waals surface area contributed by atoms with Crippen molar-refractivity contribution in [2.24, 2.45) is 0 Å². The van der Waals surface area contributed by atoms with Gasteiger partial charge in [0.25, 0.3) is 0 Å². The van der Waals surface area contributed by atoms with Crippen LogP contribution in [0.2, 0.25) is 6.55 Å². The van der Waals surface area contributed by atoms with Crippen LogP contribution in [0.5, 0.6) is 0 Å². The van der Waals surface area contributed by atoms with Gasteiger partial charge in [-0.05, 0) is 0 Å². The van der Waals surface area contributed by atoms with Crippen molar-refractivity contribution in [2.75, 3.05) is 0 Å². The zero-order chi connectivity index (χ0) is 2.71. The summed E-state index contributed by atoms with van der Waals surface area (Å²) in [6, 6.07) is 0. The second-order valence-corrected chi connectivity index (χ2v) is 1.06. The van der Waals surface area contributed by atoms with E-state index in [9.17, 15) is 0 Å². The summed E-state index contributed by atoms with van der Waals surface area (Å²) in [4.78, 5) is 0. The van der Waals surface area contributed by atoms with Crippen molar-refractivity contribution in [1.82, 2.24) is 0 Å². The fraction of sp³-hybridized carbons (Fsp3) is 1.00. The molecule has 0 spiro atoms. The van der Waals surface area contributed by atoms with Gasteiger partial charge in [-0.2, -0.15) is 0 Å². The molecule has 1 N–H and O–H groups in total. The van der Waals surface area contributed by atoms with E-state index in [-0.39, 0.29) is 28.5 Å². The molecule has 0 aliphatic heterocycles. The average molecular weight is 67.1 g/mol. The maximum absolute atomic E-state index is 6.35. The largest absolute Gasteiger partial charge is 1.00 e. The van der Waals surface area contributed by atoms with E-state index in [0.717, 1.165) is 0 Å². The Morgan fingerprint density at radius 1 is 1.75 bits per heavy atom. The number of hydrogen-bond donors (Lipinski definition) is 0. The maximum Gasteiger partial charge on any atom is 1.00 e. The van der Waals surface area contributed by atoms with E-state index in [1.165, 1.54) is 0 Å². The zero-order valence-electron chi connectivity index (χ0n) is 3.21. The third-order valence-electron chi connectivity index (χ3n) is 0. The van der Waals surface area contributed by atoms with E-state index in [1.54, 1.807) is 0 Å². The fourth-order valence-corrected chi connectivity index (χ4v) is 0. The molecule has 0 amide bonds. The van der Waals surface area contributed by atoms with Gasteiger partial charge in [0.05, 0.1) is 0 Å². The van der Waals surface area contributed by atoms with Crippen LogP contribution in [0, 0.1) is 0 Å². The molecule has 0 aliphatic rings. The van der Waals surface area contributed by atoms with Crippen LogP contribution >= 0.6 is 0 Å². The van der Waals surface area contributed by atoms with Crippen molar-refractivity contribution in [1.29, 1.82) is 0 Å². The van der Waals surface area contributed by atoms with Crippen LogP contribution in [0.4, 0.5) is 0 Å². The molecule has 0 radical (unpaired) electrons. The molecule has 0 saturated carbocycles. The summed E-state index contributed by atoms with van der Waals surface area (Å²) >= 11 is 0. The smallest absolute Gasteiger partial charge is 0.685 e. The molecule has 3 heteroatoms. The minimum Gasteiger partial charge on any atom is -0.685 e. The van der Waals surface area contributed by atoms with E-state index in [0.29, 0.717) is 0 Å². The summed E-state index contributed by atoms with van der Waals surface area (Å²) in [5, 5.41) is 6.35. The van der Waals surface area contributed by atoms with Gasteiger partial charge >= 0.3 is 18.9 Å². The van der Waals surface area contributed by atoms with Gasteiger partial charge in [0, 0.05) is 0 Å². The summed E-state index contributed by atoms with van der Waals surface area (Å²) in [7, 11) is -0.333. The van der Waals surface area contributed by atoms with Crippen molar-refractivity contribution in [2.45, 2.75) is 6.55 Å². The van der Waals surface area contributed by atoms with Crippen LogP contribution in [0.15, 0.2) is 0 Å². The Labute approximate surface area is 41.0 Å². The quantitative estimate of drug-likeness (QED) is 0.273. The van der Waals surface area contributed by atoms with Gasteiger partial charge in [0.15, 0.2) is 0 Å². The second kappa shape index (κ2) is 9.23. The van der Waals surface area contributed by atoms with Gasteiger partial charge in [-0.25, -0.2) is 0 Å². The molecule has 0 fully saturated rings. The minimum absolute atomic E-state index is 0. The molecule has 0 bridgehead atoms. The molecule has 0 aliphatic carbocycles. The zero-order valence-corrected chi connectivity index (χ0v) is 4.62. The molecular weight excluding hydrogens is 61.0 g/mol. The van der Waals surface area contributed by atoms with Crippen molar-refractivity contribution >= 4 is 9.68 Å². The monoisotopic (exact) mass is 67.0 g/mol. The van der Waals surface area contributed by atoms with Crippen LogP contribution in [-0.4, -0.2) is 9.68 Å². The van der Waals surface area contributed by atoms with E-state index in [2.05, 4.69) is 0 Å². The number of hydrogen-bond acceptors (Lipinski definition) is 0. The second-order valence-electron chi connectivity index (χ2n) is 0.354. The van der Waals surface area contributed by atoms with Crippen molar-refractivity contribution in [3.63, 3.8) is 0 Å². The standard InChI is InChI=1S/CH6NSi.Li/c1-3-2;/h2H,3H2,1H3;/q-1;+1. The molecule has 0 heterocycles. The van der Waals surface area contributed by atoms with E-state index < -0.39 is 0 Å². The van der Waals surface area contributed by atoms with Crippen LogP contribution in [-0.2, 0) is 0 Å². The molecular formula is CH6LiNSi. The summed E-state index contributed by atoms with van der Waals surface area (Å²) in [5.74, 6) is 0. The molecule has 0 aromatic carbocycles. The van der Waals surface area contributed by atoms with Crippen molar-refractivity contribution in [3.05, 3.63) is 5.40 Å². The normalized spacial score (nSPS) is 7.50. The summed E-state index contributed by atoms with van der Waals surface area (Å²) in [6.07, 6.45) is 0. The van der Waals surface area contributed by atoms with Gasteiger partial charge in [0.1, 0.15) is 0 Å². The molecule has 0 aromatic heterocycles. The number of nitrogens with one attached hydrogen (secondary N) is 1. The molecule has 0 saturated heterocycles. The first-order valence-corrected chi connectivity index (χ1v) is 3.18. The Bertz CT molecular complexity index is 8.00. The topological polar surface area (TPSA) is 23.8 Å². The van der Waals surface area contributed by atoms with Gasteiger partial charge < -0.3 is 5.40 Å². The first-order chi connectivity index (χ1) is 1.41. The van der Waals surface area contributed by atoms with Gasteiger partial charge in [-0.1, -0.05) is 16.2 Å². The third-order valence-corrected chi connectivity index (χ3v) is 0. The predicted octanol–water partition coefficient (Wildman–Crippen LogP) is -2.83. The molecule has 20 valence electrons. The first kappa shape index (κ1) is 8.84. The SMILES string of the molecule is C[SiH2][NH-].[Li+]. The van der Waals surface area contributed by atoms with Gasteiger partial charge in [-0.3, -0.25) is 0 Å². The van der Waals surface area contributed by atoms with E-state index in [4.69, 9.17) is 5.40 Å². The molecule has 4 heavy (non-hydrogen) atoms. The van der Waals surface area contributed by atoms with Gasteiger partial charge in [0.2, 0.25) is 0 Å². The van der Waals surface area contributed by atoms with Crippen LogP contribution in [0.1, 0.15) is 0 Å². The minimum atomic E-state index is -0.333. The fourth-order valence-electron chi connectivity index (χ4n) is 0.